The third-order valence-corrected chi connectivity index (χ3v) is 3.53. The van der Waals surface area contributed by atoms with Gasteiger partial charge in [-0.1, -0.05) is 19.0 Å². The van der Waals surface area contributed by atoms with E-state index in [2.05, 4.69) is 37.7 Å². The lowest BCUT2D eigenvalue weighted by Crippen LogP contribution is -2.41. The van der Waals surface area contributed by atoms with Crippen molar-refractivity contribution in [3.05, 3.63) is 11.7 Å². The second-order valence-corrected chi connectivity index (χ2v) is 6.03. The molecule has 0 bridgehead atoms. The molecule has 0 fully saturated rings. The number of nitrogens with one attached hydrogen (secondary N) is 2. The van der Waals surface area contributed by atoms with Crippen LogP contribution in [0.25, 0.3) is 0 Å². The van der Waals surface area contributed by atoms with Crippen LogP contribution in [-0.4, -0.2) is 75.0 Å². The lowest BCUT2D eigenvalue weighted by atomic mass is 10.2. The first-order chi connectivity index (χ1) is 11.6. The van der Waals surface area contributed by atoms with Gasteiger partial charge in [0.2, 0.25) is 5.89 Å². The van der Waals surface area contributed by atoms with Crippen LogP contribution in [0.2, 0.25) is 0 Å². The Labute approximate surface area is 145 Å². The number of rotatable bonds is 11. The Morgan fingerprint density at radius 2 is 2.04 bits per heavy atom. The lowest BCUT2D eigenvalue weighted by Gasteiger charge is -2.18. The number of aliphatic imine (C=N–C) groups is 1. The maximum Gasteiger partial charge on any atom is 0.228 e. The van der Waals surface area contributed by atoms with Crippen molar-refractivity contribution in [3.8, 4) is 0 Å². The standard InChI is InChI=1S/C16H32N6O2/c1-13(2)15-20-14(24-21-15)7-8-18-16(17-3)19-9-11-22(4)10-6-12-23-5/h13H,6-12H2,1-5H3,(H2,17,18,19). The average Bonchev–Trinajstić information content (AvgIpc) is 3.03. The van der Waals surface area contributed by atoms with Crippen molar-refractivity contribution < 1.29 is 9.26 Å². The minimum Gasteiger partial charge on any atom is -0.385 e. The van der Waals surface area contributed by atoms with Gasteiger partial charge in [0.15, 0.2) is 11.8 Å². The molecule has 0 aliphatic heterocycles. The predicted octanol–water partition coefficient (Wildman–Crippen LogP) is 0.869. The van der Waals surface area contributed by atoms with Crippen molar-refractivity contribution in [2.24, 2.45) is 4.99 Å². The van der Waals surface area contributed by atoms with Crippen molar-refractivity contribution >= 4 is 5.96 Å². The molecule has 1 aromatic rings. The number of hydrogen-bond acceptors (Lipinski definition) is 6. The van der Waals surface area contributed by atoms with E-state index in [9.17, 15) is 0 Å². The van der Waals surface area contributed by atoms with Gasteiger partial charge in [-0.25, -0.2) is 0 Å². The van der Waals surface area contributed by atoms with Gasteiger partial charge in [0, 0.05) is 59.3 Å². The topological polar surface area (TPSA) is 87.8 Å². The van der Waals surface area contributed by atoms with Gasteiger partial charge >= 0.3 is 0 Å². The summed E-state index contributed by atoms with van der Waals surface area (Å²) in [5, 5.41) is 10.5. The highest BCUT2D eigenvalue weighted by molar-refractivity contribution is 5.79. The minimum absolute atomic E-state index is 0.283. The van der Waals surface area contributed by atoms with Crippen LogP contribution in [-0.2, 0) is 11.2 Å². The molecular formula is C16H32N6O2. The molecule has 0 radical (unpaired) electrons. The van der Waals surface area contributed by atoms with Gasteiger partial charge in [-0.3, -0.25) is 4.99 Å². The van der Waals surface area contributed by atoms with Gasteiger partial charge in [-0.2, -0.15) is 4.98 Å². The van der Waals surface area contributed by atoms with E-state index in [0.717, 1.165) is 44.4 Å². The summed E-state index contributed by atoms with van der Waals surface area (Å²) >= 11 is 0. The molecule has 2 N–H and O–H groups in total. The summed E-state index contributed by atoms with van der Waals surface area (Å²) in [6.45, 7) is 8.40. The summed E-state index contributed by atoms with van der Waals surface area (Å²) in [6.07, 6.45) is 1.72. The molecular weight excluding hydrogens is 308 g/mol. The Hall–Kier alpha value is -1.67. The van der Waals surface area contributed by atoms with E-state index in [1.807, 2.05) is 13.8 Å². The third kappa shape index (κ3) is 8.26. The zero-order valence-corrected chi connectivity index (χ0v) is 15.6. The van der Waals surface area contributed by atoms with E-state index in [1.54, 1.807) is 14.2 Å². The van der Waals surface area contributed by atoms with E-state index in [-0.39, 0.29) is 5.92 Å². The van der Waals surface area contributed by atoms with Crippen molar-refractivity contribution in [2.75, 3.05) is 54.0 Å². The minimum atomic E-state index is 0.283. The number of ether oxygens (including phenoxy) is 1. The normalized spacial score (nSPS) is 12.2. The number of guanidine groups is 1. The van der Waals surface area contributed by atoms with Crippen LogP contribution < -0.4 is 10.6 Å². The van der Waals surface area contributed by atoms with Gasteiger partial charge in [0.05, 0.1) is 0 Å². The van der Waals surface area contributed by atoms with E-state index in [4.69, 9.17) is 9.26 Å². The molecule has 1 aromatic heterocycles. The Morgan fingerprint density at radius 3 is 2.67 bits per heavy atom. The van der Waals surface area contributed by atoms with E-state index in [0.29, 0.717) is 18.9 Å². The first kappa shape index (κ1) is 20.4. The molecule has 138 valence electrons. The molecule has 0 aliphatic carbocycles. The number of likely N-dealkylation sites (N-methyl/N-ethyl adjacent to an activating group) is 1. The summed E-state index contributed by atoms with van der Waals surface area (Å²) in [7, 11) is 5.60. The van der Waals surface area contributed by atoms with E-state index >= 15 is 0 Å². The quantitative estimate of drug-likeness (QED) is 0.351. The van der Waals surface area contributed by atoms with E-state index in [1.165, 1.54) is 0 Å². The van der Waals surface area contributed by atoms with Crippen molar-refractivity contribution in [3.63, 3.8) is 0 Å². The van der Waals surface area contributed by atoms with Crippen molar-refractivity contribution in [2.45, 2.75) is 32.6 Å². The molecule has 24 heavy (non-hydrogen) atoms. The van der Waals surface area contributed by atoms with Crippen LogP contribution in [0, 0.1) is 0 Å². The third-order valence-electron chi connectivity index (χ3n) is 3.53. The second-order valence-electron chi connectivity index (χ2n) is 6.03. The molecule has 0 atom stereocenters. The van der Waals surface area contributed by atoms with Gasteiger partial charge in [-0.05, 0) is 13.5 Å². The first-order valence-corrected chi connectivity index (χ1v) is 8.51. The van der Waals surface area contributed by atoms with Gasteiger partial charge < -0.3 is 24.8 Å². The fraction of sp³-hybridized carbons (Fsp3) is 0.812. The smallest absolute Gasteiger partial charge is 0.228 e. The van der Waals surface area contributed by atoms with Gasteiger partial charge in [0.1, 0.15) is 0 Å². The number of nitrogens with zero attached hydrogens (tertiary/aromatic N) is 4. The number of aromatic nitrogens is 2. The Morgan fingerprint density at radius 1 is 1.29 bits per heavy atom. The van der Waals surface area contributed by atoms with Crippen LogP contribution in [0.3, 0.4) is 0 Å². The lowest BCUT2D eigenvalue weighted by molar-refractivity contribution is 0.180. The summed E-state index contributed by atoms with van der Waals surface area (Å²) < 4.78 is 10.3. The van der Waals surface area contributed by atoms with E-state index < -0.39 is 0 Å². The monoisotopic (exact) mass is 340 g/mol. The Kier molecular flexibility index (Phi) is 10.0. The maximum atomic E-state index is 5.22. The fourth-order valence-electron chi connectivity index (χ4n) is 2.07. The zero-order valence-electron chi connectivity index (χ0n) is 15.6. The highest BCUT2D eigenvalue weighted by atomic mass is 16.5. The van der Waals surface area contributed by atoms with Crippen LogP contribution in [0.15, 0.2) is 9.52 Å². The van der Waals surface area contributed by atoms with Crippen LogP contribution in [0.5, 0.6) is 0 Å². The second kappa shape index (κ2) is 11.8. The van der Waals surface area contributed by atoms with Crippen LogP contribution in [0.1, 0.15) is 37.9 Å². The Balaban J connectivity index is 2.18. The van der Waals surface area contributed by atoms with Crippen molar-refractivity contribution in [1.29, 1.82) is 0 Å². The fourth-order valence-corrected chi connectivity index (χ4v) is 2.07. The zero-order chi connectivity index (χ0) is 17.8. The highest BCUT2D eigenvalue weighted by Gasteiger charge is 2.09. The molecule has 0 spiro atoms. The molecule has 0 aliphatic rings. The Bertz CT molecular complexity index is 475. The SMILES string of the molecule is CN=C(NCCc1nc(C(C)C)no1)NCCN(C)CCCOC. The molecule has 8 nitrogen and oxygen atoms in total. The summed E-state index contributed by atoms with van der Waals surface area (Å²) in [5.41, 5.74) is 0. The summed E-state index contributed by atoms with van der Waals surface area (Å²) in [6, 6.07) is 0. The number of methoxy groups -OCH3 is 1. The molecule has 0 saturated carbocycles. The number of hydrogen-bond donors (Lipinski definition) is 2. The summed E-state index contributed by atoms with van der Waals surface area (Å²) in [5.74, 6) is 2.47. The van der Waals surface area contributed by atoms with Crippen LogP contribution >= 0.6 is 0 Å². The maximum absolute atomic E-state index is 5.22. The molecule has 0 aromatic carbocycles. The first-order valence-electron chi connectivity index (χ1n) is 8.51. The molecule has 1 rings (SSSR count). The molecule has 0 amide bonds. The summed E-state index contributed by atoms with van der Waals surface area (Å²) in [4.78, 5) is 10.8. The molecule has 0 saturated heterocycles. The molecule has 0 unspecified atom stereocenters. The predicted molar refractivity (Wildman–Crippen MR) is 95.4 cm³/mol. The molecule has 1 heterocycles. The average molecular weight is 340 g/mol. The molecule has 8 heteroatoms. The van der Waals surface area contributed by atoms with Crippen LogP contribution in [0.4, 0.5) is 0 Å². The highest BCUT2D eigenvalue weighted by Crippen LogP contribution is 2.09. The van der Waals surface area contributed by atoms with Gasteiger partial charge in [-0.15, -0.1) is 0 Å². The van der Waals surface area contributed by atoms with Crippen molar-refractivity contribution in [1.82, 2.24) is 25.7 Å². The largest absolute Gasteiger partial charge is 0.385 e. The van der Waals surface area contributed by atoms with Gasteiger partial charge in [0.25, 0.3) is 0 Å².